The molecule has 10 nitrogen and oxygen atoms in total. The Kier molecular flexibility index (Phi) is 9.49. The standard InChI is InChI=1S/C19H33N5O5/c20-12-17(26)24(22-10-7-18(27)28)19(29)15-2-1-11-23(13-15)16(25)4-3-14-5-8-21-9-6-14/h14-15,21-22H,1-13,20H2,(H,27,28)/t15-/m1/s1. The lowest BCUT2D eigenvalue weighted by Gasteiger charge is -2.34. The lowest BCUT2D eigenvalue weighted by Crippen LogP contribution is -2.55. The van der Waals surface area contributed by atoms with Crippen LogP contribution in [0.25, 0.3) is 0 Å². The molecule has 0 saturated carbocycles. The number of carboxylic acids is 1. The van der Waals surface area contributed by atoms with E-state index in [0.29, 0.717) is 31.7 Å². The molecule has 2 aliphatic heterocycles. The van der Waals surface area contributed by atoms with Gasteiger partial charge in [0.05, 0.1) is 18.9 Å². The predicted octanol–water partition coefficient (Wildman–Crippen LogP) is -0.702. The molecule has 0 bridgehead atoms. The summed E-state index contributed by atoms with van der Waals surface area (Å²) in [6, 6.07) is 0. The molecule has 3 amide bonds. The summed E-state index contributed by atoms with van der Waals surface area (Å²) in [5, 5.41) is 12.9. The molecule has 0 aromatic rings. The van der Waals surface area contributed by atoms with Crippen LogP contribution in [-0.4, -0.2) is 78.0 Å². The first-order valence-electron chi connectivity index (χ1n) is 10.4. The van der Waals surface area contributed by atoms with Gasteiger partial charge in [-0.05, 0) is 51.1 Å². The average Bonchev–Trinajstić information content (AvgIpc) is 2.74. The molecule has 0 aliphatic carbocycles. The molecule has 0 radical (unpaired) electrons. The lowest BCUT2D eigenvalue weighted by molar-refractivity contribution is -0.153. The number of rotatable bonds is 9. The maximum absolute atomic E-state index is 12.8. The van der Waals surface area contributed by atoms with E-state index in [4.69, 9.17) is 10.8 Å². The molecule has 2 fully saturated rings. The number of hydrogen-bond acceptors (Lipinski definition) is 7. The number of carbonyl (C=O) groups is 4. The van der Waals surface area contributed by atoms with E-state index in [1.54, 1.807) is 4.90 Å². The van der Waals surface area contributed by atoms with Gasteiger partial charge in [-0.15, -0.1) is 0 Å². The van der Waals surface area contributed by atoms with Gasteiger partial charge in [0.2, 0.25) is 11.8 Å². The van der Waals surface area contributed by atoms with Gasteiger partial charge < -0.3 is 21.1 Å². The first kappa shape index (κ1) is 23.2. The number of carboxylic acid groups (broad SMARTS) is 1. The second kappa shape index (κ2) is 11.8. The molecule has 0 spiro atoms. The van der Waals surface area contributed by atoms with Crippen molar-refractivity contribution in [2.45, 2.75) is 44.9 Å². The van der Waals surface area contributed by atoms with Gasteiger partial charge in [0, 0.05) is 26.1 Å². The third-order valence-corrected chi connectivity index (χ3v) is 5.60. The number of piperidine rings is 2. The molecule has 5 N–H and O–H groups in total. The number of hydrogen-bond donors (Lipinski definition) is 4. The third-order valence-electron chi connectivity index (χ3n) is 5.60. The quantitative estimate of drug-likeness (QED) is 0.364. The summed E-state index contributed by atoms with van der Waals surface area (Å²) < 4.78 is 0. The Balaban J connectivity index is 1.88. The van der Waals surface area contributed by atoms with Crippen LogP contribution in [0.2, 0.25) is 0 Å². The van der Waals surface area contributed by atoms with E-state index in [1.165, 1.54) is 0 Å². The molecule has 2 saturated heterocycles. The average molecular weight is 412 g/mol. The number of nitrogens with zero attached hydrogens (tertiary/aromatic N) is 2. The molecule has 2 rings (SSSR count). The summed E-state index contributed by atoms with van der Waals surface area (Å²) in [4.78, 5) is 49.9. The number of nitrogens with one attached hydrogen (secondary N) is 2. The molecule has 1 atom stereocenters. The molecule has 0 aromatic heterocycles. The van der Waals surface area contributed by atoms with Crippen molar-refractivity contribution in [3.05, 3.63) is 0 Å². The van der Waals surface area contributed by atoms with Crippen molar-refractivity contribution < 1.29 is 24.3 Å². The van der Waals surface area contributed by atoms with Crippen molar-refractivity contribution >= 4 is 23.7 Å². The zero-order valence-corrected chi connectivity index (χ0v) is 16.9. The molecule has 0 aromatic carbocycles. The Morgan fingerprint density at radius 2 is 1.86 bits per heavy atom. The molecule has 10 heteroatoms. The minimum absolute atomic E-state index is 0.0524. The molecule has 2 aliphatic rings. The van der Waals surface area contributed by atoms with E-state index >= 15 is 0 Å². The van der Waals surface area contributed by atoms with Gasteiger partial charge in [-0.2, -0.15) is 0 Å². The normalized spacial score (nSPS) is 20.3. The minimum Gasteiger partial charge on any atom is -0.481 e. The summed E-state index contributed by atoms with van der Waals surface area (Å²) in [6.07, 6.45) is 4.56. The van der Waals surface area contributed by atoms with Gasteiger partial charge in [-0.25, -0.2) is 10.4 Å². The fourth-order valence-corrected chi connectivity index (χ4v) is 3.90. The smallest absolute Gasteiger partial charge is 0.304 e. The number of hydrazine groups is 1. The van der Waals surface area contributed by atoms with Crippen molar-refractivity contribution in [3.63, 3.8) is 0 Å². The highest BCUT2D eigenvalue weighted by Gasteiger charge is 2.33. The Morgan fingerprint density at radius 3 is 2.52 bits per heavy atom. The SMILES string of the molecule is NCC(=O)N(NCCC(=O)O)C(=O)[C@@H]1CCCN(C(=O)CCC2CCNCC2)C1. The minimum atomic E-state index is -1.03. The van der Waals surface area contributed by atoms with E-state index in [2.05, 4.69) is 10.7 Å². The number of carbonyl (C=O) groups excluding carboxylic acids is 3. The van der Waals surface area contributed by atoms with Crippen LogP contribution in [0, 0.1) is 11.8 Å². The lowest BCUT2D eigenvalue weighted by atomic mass is 9.92. The van der Waals surface area contributed by atoms with Gasteiger partial charge >= 0.3 is 5.97 Å². The third kappa shape index (κ3) is 7.37. The number of aliphatic carboxylic acids is 1. The van der Waals surface area contributed by atoms with E-state index in [9.17, 15) is 19.2 Å². The van der Waals surface area contributed by atoms with Crippen LogP contribution in [0.1, 0.15) is 44.9 Å². The van der Waals surface area contributed by atoms with Gasteiger partial charge in [-0.1, -0.05) is 0 Å². The number of likely N-dealkylation sites (tertiary alicyclic amines) is 1. The van der Waals surface area contributed by atoms with Gasteiger partial charge in [0.1, 0.15) is 0 Å². The number of imide groups is 1. The molecule has 2 heterocycles. The summed E-state index contributed by atoms with van der Waals surface area (Å²) >= 11 is 0. The predicted molar refractivity (Wildman–Crippen MR) is 105 cm³/mol. The van der Waals surface area contributed by atoms with Gasteiger partial charge in [-0.3, -0.25) is 19.2 Å². The highest BCUT2D eigenvalue weighted by atomic mass is 16.4. The van der Waals surface area contributed by atoms with E-state index in [1.807, 2.05) is 0 Å². The fraction of sp³-hybridized carbons (Fsp3) is 0.789. The first-order chi connectivity index (χ1) is 13.9. The highest BCUT2D eigenvalue weighted by Crippen LogP contribution is 2.22. The van der Waals surface area contributed by atoms with Crippen molar-refractivity contribution in [2.24, 2.45) is 17.6 Å². The molecular formula is C19H33N5O5. The maximum Gasteiger partial charge on any atom is 0.304 e. The summed E-state index contributed by atoms with van der Waals surface area (Å²) in [5.41, 5.74) is 7.96. The Bertz CT molecular complexity index is 594. The van der Waals surface area contributed by atoms with Crippen molar-refractivity contribution in [1.82, 2.24) is 20.7 Å². The maximum atomic E-state index is 12.8. The zero-order chi connectivity index (χ0) is 21.2. The van der Waals surface area contributed by atoms with E-state index in [-0.39, 0.29) is 32.0 Å². The summed E-state index contributed by atoms with van der Waals surface area (Å²) in [5.74, 6) is -1.99. The van der Waals surface area contributed by atoms with Crippen LogP contribution >= 0.6 is 0 Å². The highest BCUT2D eigenvalue weighted by molar-refractivity contribution is 5.97. The second-order valence-electron chi connectivity index (χ2n) is 7.73. The van der Waals surface area contributed by atoms with Crippen molar-refractivity contribution in [3.8, 4) is 0 Å². The monoisotopic (exact) mass is 411 g/mol. The topological polar surface area (TPSA) is 145 Å². The Hall–Kier alpha value is -2.04. The number of nitrogens with two attached hydrogens (primary N) is 1. The fourth-order valence-electron chi connectivity index (χ4n) is 3.90. The summed E-state index contributed by atoms with van der Waals surface area (Å²) in [7, 11) is 0. The first-order valence-corrected chi connectivity index (χ1v) is 10.4. The van der Waals surface area contributed by atoms with Crippen LogP contribution in [0.4, 0.5) is 0 Å². The Labute approximate surface area is 171 Å². The number of amides is 3. The van der Waals surface area contributed by atoms with E-state index < -0.39 is 23.7 Å². The Morgan fingerprint density at radius 1 is 1.14 bits per heavy atom. The van der Waals surface area contributed by atoms with Crippen LogP contribution < -0.4 is 16.5 Å². The zero-order valence-electron chi connectivity index (χ0n) is 16.9. The van der Waals surface area contributed by atoms with Crippen LogP contribution in [0.15, 0.2) is 0 Å². The molecule has 164 valence electrons. The molecule has 29 heavy (non-hydrogen) atoms. The van der Waals surface area contributed by atoms with Gasteiger partial charge in [0.15, 0.2) is 0 Å². The van der Waals surface area contributed by atoms with E-state index in [0.717, 1.165) is 37.4 Å². The van der Waals surface area contributed by atoms with Crippen molar-refractivity contribution in [2.75, 3.05) is 39.3 Å². The molecular weight excluding hydrogens is 378 g/mol. The van der Waals surface area contributed by atoms with Crippen LogP contribution in [0.5, 0.6) is 0 Å². The largest absolute Gasteiger partial charge is 0.481 e. The second-order valence-corrected chi connectivity index (χ2v) is 7.73. The van der Waals surface area contributed by atoms with Crippen molar-refractivity contribution in [1.29, 1.82) is 0 Å². The van der Waals surface area contributed by atoms with Crippen LogP contribution in [0.3, 0.4) is 0 Å². The molecule has 0 unspecified atom stereocenters. The van der Waals surface area contributed by atoms with Gasteiger partial charge in [0.25, 0.3) is 5.91 Å². The van der Waals surface area contributed by atoms with Crippen LogP contribution in [-0.2, 0) is 19.2 Å². The summed E-state index contributed by atoms with van der Waals surface area (Å²) in [6.45, 7) is 2.47.